The third-order valence-corrected chi connectivity index (χ3v) is 5.83. The number of rotatable bonds is 4. The molecule has 0 saturated carbocycles. The number of urea groups is 1. The first-order valence-electron chi connectivity index (χ1n) is 9.72. The maximum absolute atomic E-state index is 14.2. The van der Waals surface area contributed by atoms with E-state index in [0.29, 0.717) is 16.6 Å². The number of amides is 3. The molecule has 7 nitrogen and oxygen atoms in total. The van der Waals surface area contributed by atoms with E-state index in [1.165, 1.54) is 15.7 Å². The van der Waals surface area contributed by atoms with Crippen LogP contribution in [0.4, 0.5) is 19.7 Å². The van der Waals surface area contributed by atoms with Crippen LogP contribution in [0.15, 0.2) is 59.2 Å². The molecule has 2 atom stereocenters. The minimum atomic E-state index is -1.28. The van der Waals surface area contributed by atoms with E-state index in [1.807, 2.05) is 24.3 Å². The van der Waals surface area contributed by atoms with Gasteiger partial charge in [-0.15, -0.1) is 0 Å². The number of alkyl halides is 1. The molecule has 1 saturated heterocycles. The lowest BCUT2D eigenvalue weighted by atomic mass is 10.0. The molecule has 1 fully saturated rings. The van der Waals surface area contributed by atoms with Crippen LogP contribution < -0.4 is 11.1 Å². The minimum Gasteiger partial charge on any atom is -0.351 e. The minimum absolute atomic E-state index is 0.0384. The molecule has 1 aliphatic rings. The molecular formula is C22H20BrFN4O3. The molecule has 160 valence electrons. The van der Waals surface area contributed by atoms with Crippen molar-refractivity contribution in [3.05, 3.63) is 64.8 Å². The molecule has 9 heteroatoms. The van der Waals surface area contributed by atoms with E-state index in [2.05, 4.69) is 21.2 Å². The average Bonchev–Trinajstić information content (AvgIpc) is 3.29. The Morgan fingerprint density at radius 1 is 1.16 bits per heavy atom. The Balaban J connectivity index is 1.55. The quantitative estimate of drug-likeness (QED) is 0.580. The summed E-state index contributed by atoms with van der Waals surface area (Å²) in [5.41, 5.74) is 7.10. The number of hydrogen-bond acceptors (Lipinski definition) is 3. The van der Waals surface area contributed by atoms with Crippen LogP contribution in [0.1, 0.15) is 12.0 Å². The number of carbonyl (C=O) groups excluding carboxylic acids is 3. The van der Waals surface area contributed by atoms with E-state index in [4.69, 9.17) is 5.73 Å². The standard InChI is InChI=1S/C22H20BrFN4O3/c23-14-5-3-4-13(8-14)9-20(29)19-10-15(24)11-28(19)22(31)26-17-12-27(21(25)30)18-7-2-1-6-16(17)18/h1-8,12,15,19H,9-11H2,(H2,25,30)(H,26,31)/t15-,19+/m1/s1. The van der Waals surface area contributed by atoms with Gasteiger partial charge in [-0.05, 0) is 23.8 Å². The lowest BCUT2D eigenvalue weighted by Crippen LogP contribution is -2.43. The summed E-state index contributed by atoms with van der Waals surface area (Å²) in [7, 11) is 0. The Morgan fingerprint density at radius 2 is 1.94 bits per heavy atom. The summed E-state index contributed by atoms with van der Waals surface area (Å²) in [5.74, 6) is -0.229. The maximum atomic E-state index is 14.2. The number of hydrogen-bond donors (Lipinski definition) is 2. The van der Waals surface area contributed by atoms with Gasteiger partial charge < -0.3 is 16.0 Å². The number of para-hydroxylation sites is 1. The van der Waals surface area contributed by atoms with E-state index in [0.717, 1.165) is 10.0 Å². The highest BCUT2D eigenvalue weighted by atomic mass is 79.9. The Labute approximate surface area is 186 Å². The Morgan fingerprint density at radius 3 is 2.68 bits per heavy atom. The van der Waals surface area contributed by atoms with Crippen LogP contribution in [0, 0.1) is 0 Å². The van der Waals surface area contributed by atoms with Crippen LogP contribution in [-0.2, 0) is 11.2 Å². The first-order chi connectivity index (χ1) is 14.8. The lowest BCUT2D eigenvalue weighted by Gasteiger charge is -2.23. The van der Waals surface area contributed by atoms with Crippen LogP contribution in [0.3, 0.4) is 0 Å². The number of aromatic nitrogens is 1. The van der Waals surface area contributed by atoms with E-state index < -0.39 is 24.3 Å². The number of benzene rings is 2. The van der Waals surface area contributed by atoms with Crippen molar-refractivity contribution in [1.29, 1.82) is 0 Å². The average molecular weight is 487 g/mol. The Hall–Kier alpha value is -3.20. The summed E-state index contributed by atoms with van der Waals surface area (Å²) in [6.07, 6.45) is 0.200. The topological polar surface area (TPSA) is 97.4 Å². The van der Waals surface area contributed by atoms with E-state index >= 15 is 0 Å². The molecule has 1 aromatic heterocycles. The molecule has 2 aromatic carbocycles. The number of nitrogens with two attached hydrogens (primary N) is 1. The molecule has 2 heterocycles. The molecule has 0 unspecified atom stereocenters. The zero-order valence-electron chi connectivity index (χ0n) is 16.4. The van der Waals surface area contributed by atoms with E-state index in [-0.39, 0.29) is 25.2 Å². The molecular weight excluding hydrogens is 467 g/mol. The Kier molecular flexibility index (Phi) is 5.77. The summed E-state index contributed by atoms with van der Waals surface area (Å²) in [6.45, 7) is -0.171. The van der Waals surface area contributed by atoms with Crippen LogP contribution in [0.2, 0.25) is 0 Å². The summed E-state index contributed by atoms with van der Waals surface area (Å²) in [6, 6.07) is 12.1. The molecule has 3 amide bonds. The van der Waals surface area contributed by atoms with Crippen molar-refractivity contribution in [2.24, 2.45) is 5.73 Å². The number of likely N-dealkylation sites (tertiary alicyclic amines) is 1. The Bertz CT molecular complexity index is 1180. The van der Waals surface area contributed by atoms with Crippen LogP contribution >= 0.6 is 15.9 Å². The number of primary amides is 1. The lowest BCUT2D eigenvalue weighted by molar-refractivity contribution is -0.121. The summed E-state index contributed by atoms with van der Waals surface area (Å²) in [5, 5.41) is 3.33. The van der Waals surface area contributed by atoms with Crippen LogP contribution in [0.5, 0.6) is 0 Å². The number of halogens is 2. The first-order valence-corrected chi connectivity index (χ1v) is 10.5. The second kappa shape index (κ2) is 8.50. The molecule has 0 spiro atoms. The highest BCUT2D eigenvalue weighted by Crippen LogP contribution is 2.28. The van der Waals surface area contributed by atoms with Crippen molar-refractivity contribution in [2.45, 2.75) is 25.1 Å². The van der Waals surface area contributed by atoms with Gasteiger partial charge in [0, 0.05) is 28.9 Å². The maximum Gasteiger partial charge on any atom is 0.323 e. The second-order valence-electron chi connectivity index (χ2n) is 7.47. The highest BCUT2D eigenvalue weighted by molar-refractivity contribution is 9.10. The first kappa shape index (κ1) is 21.0. The number of ketones is 1. The summed E-state index contributed by atoms with van der Waals surface area (Å²) < 4.78 is 16.3. The third-order valence-electron chi connectivity index (χ3n) is 5.34. The highest BCUT2D eigenvalue weighted by Gasteiger charge is 2.39. The van der Waals surface area contributed by atoms with E-state index in [9.17, 15) is 18.8 Å². The zero-order valence-corrected chi connectivity index (χ0v) is 18.0. The van der Waals surface area contributed by atoms with Gasteiger partial charge in [-0.3, -0.25) is 9.36 Å². The number of anilines is 1. The second-order valence-corrected chi connectivity index (χ2v) is 8.39. The van der Waals surface area contributed by atoms with Gasteiger partial charge in [0.15, 0.2) is 5.78 Å². The smallest absolute Gasteiger partial charge is 0.323 e. The van der Waals surface area contributed by atoms with Gasteiger partial charge in [0.05, 0.1) is 23.8 Å². The van der Waals surface area contributed by atoms with Crippen LogP contribution in [-0.4, -0.2) is 46.1 Å². The van der Waals surface area contributed by atoms with Crippen molar-refractivity contribution >= 4 is 50.4 Å². The molecule has 0 radical (unpaired) electrons. The molecule has 1 aliphatic heterocycles. The van der Waals surface area contributed by atoms with E-state index in [1.54, 1.807) is 24.3 Å². The van der Waals surface area contributed by atoms with Gasteiger partial charge in [0.2, 0.25) is 0 Å². The predicted octanol–water partition coefficient (Wildman–Crippen LogP) is 4.09. The molecule has 0 aliphatic carbocycles. The fourth-order valence-corrected chi connectivity index (χ4v) is 4.38. The largest absolute Gasteiger partial charge is 0.351 e. The molecule has 4 rings (SSSR count). The molecule has 0 bridgehead atoms. The normalized spacial score (nSPS) is 18.3. The summed E-state index contributed by atoms with van der Waals surface area (Å²) in [4.78, 5) is 38.8. The van der Waals surface area contributed by atoms with Gasteiger partial charge in [-0.2, -0.15) is 0 Å². The zero-order chi connectivity index (χ0) is 22.1. The van der Waals surface area contributed by atoms with Crippen molar-refractivity contribution in [2.75, 3.05) is 11.9 Å². The van der Waals surface area contributed by atoms with Crippen LogP contribution in [0.25, 0.3) is 10.9 Å². The number of carbonyl (C=O) groups is 3. The van der Waals surface area contributed by atoms with Gasteiger partial charge in [0.25, 0.3) is 0 Å². The summed E-state index contributed by atoms with van der Waals surface area (Å²) >= 11 is 3.37. The van der Waals surface area contributed by atoms with Crippen molar-refractivity contribution in [1.82, 2.24) is 9.47 Å². The number of fused-ring (bicyclic) bond motifs is 1. The van der Waals surface area contributed by atoms with Crippen molar-refractivity contribution in [3.8, 4) is 0 Å². The fraction of sp³-hybridized carbons (Fsp3) is 0.227. The molecule has 31 heavy (non-hydrogen) atoms. The number of Topliss-reactive ketones (excluding diaryl/α,β-unsaturated/α-hetero) is 1. The number of nitrogens with zero attached hydrogens (tertiary/aromatic N) is 2. The van der Waals surface area contributed by atoms with Gasteiger partial charge in [-0.25, -0.2) is 14.0 Å². The molecule has 3 aromatic rings. The third kappa shape index (κ3) is 4.32. The van der Waals surface area contributed by atoms with Crippen molar-refractivity contribution in [3.63, 3.8) is 0 Å². The monoisotopic (exact) mass is 486 g/mol. The number of nitrogens with one attached hydrogen (secondary N) is 1. The fourth-order valence-electron chi connectivity index (χ4n) is 3.93. The SMILES string of the molecule is NC(=O)n1cc(NC(=O)N2C[C@H](F)C[C@H]2C(=O)Cc2cccc(Br)c2)c2ccccc21. The van der Waals surface area contributed by atoms with Gasteiger partial charge in [-0.1, -0.05) is 46.3 Å². The van der Waals surface area contributed by atoms with Gasteiger partial charge >= 0.3 is 12.1 Å². The van der Waals surface area contributed by atoms with Gasteiger partial charge in [0.1, 0.15) is 6.17 Å². The predicted molar refractivity (Wildman–Crippen MR) is 119 cm³/mol. The molecule has 3 N–H and O–H groups in total. The van der Waals surface area contributed by atoms with Crippen molar-refractivity contribution < 1.29 is 18.8 Å².